The molecule has 76 valence electrons. The van der Waals surface area contributed by atoms with Crippen molar-refractivity contribution < 1.29 is 9.21 Å². The van der Waals surface area contributed by atoms with Gasteiger partial charge in [-0.1, -0.05) is 0 Å². The summed E-state index contributed by atoms with van der Waals surface area (Å²) in [4.78, 5) is 13.5. The first-order chi connectivity index (χ1) is 6.81. The average Bonchev–Trinajstić information content (AvgIpc) is 2.79. The molecule has 0 aliphatic carbocycles. The molecule has 2 heterocycles. The van der Waals surface area contributed by atoms with Crippen LogP contribution in [-0.4, -0.2) is 30.4 Å². The van der Waals surface area contributed by atoms with Crippen molar-refractivity contribution in [2.75, 3.05) is 13.6 Å². The van der Waals surface area contributed by atoms with Crippen LogP contribution in [0.4, 0.5) is 0 Å². The number of likely N-dealkylation sites (tertiary alicyclic amines) is 1. The van der Waals surface area contributed by atoms with Crippen LogP contribution in [0.3, 0.4) is 0 Å². The summed E-state index contributed by atoms with van der Waals surface area (Å²) in [5, 5.41) is 3.00. The second kappa shape index (κ2) is 3.84. The molecule has 1 N–H and O–H groups in total. The van der Waals surface area contributed by atoms with Crippen molar-refractivity contribution >= 4 is 5.91 Å². The molecule has 1 atom stereocenters. The van der Waals surface area contributed by atoms with Gasteiger partial charge < -0.3 is 14.6 Å². The normalized spacial score (nSPS) is 21.9. The number of nitrogens with zero attached hydrogens (tertiary/aromatic N) is 1. The van der Waals surface area contributed by atoms with E-state index in [4.69, 9.17) is 4.42 Å². The van der Waals surface area contributed by atoms with E-state index < -0.39 is 0 Å². The largest absolute Gasteiger partial charge is 0.467 e. The van der Waals surface area contributed by atoms with Gasteiger partial charge in [0, 0.05) is 6.54 Å². The number of hydrogen-bond acceptors (Lipinski definition) is 3. The van der Waals surface area contributed by atoms with E-state index in [2.05, 4.69) is 5.32 Å². The lowest BCUT2D eigenvalue weighted by molar-refractivity contribution is -0.130. The van der Waals surface area contributed by atoms with E-state index in [1.54, 1.807) is 6.26 Å². The highest BCUT2D eigenvalue weighted by molar-refractivity contribution is 5.83. The number of hydrogen-bond donors (Lipinski definition) is 1. The van der Waals surface area contributed by atoms with Gasteiger partial charge in [-0.25, -0.2) is 0 Å². The van der Waals surface area contributed by atoms with Crippen LogP contribution in [0.25, 0.3) is 0 Å². The molecule has 0 saturated carbocycles. The molecule has 2 rings (SSSR count). The Bertz CT molecular complexity index is 308. The van der Waals surface area contributed by atoms with Crippen LogP contribution in [-0.2, 0) is 11.3 Å². The molecule has 4 nitrogen and oxygen atoms in total. The van der Waals surface area contributed by atoms with Gasteiger partial charge in [-0.2, -0.15) is 0 Å². The Morgan fingerprint density at radius 2 is 2.57 bits per heavy atom. The van der Waals surface area contributed by atoms with E-state index in [-0.39, 0.29) is 11.9 Å². The summed E-state index contributed by atoms with van der Waals surface area (Å²) in [5.41, 5.74) is 0. The maximum absolute atomic E-state index is 11.7. The van der Waals surface area contributed by atoms with Crippen LogP contribution in [0.15, 0.2) is 22.8 Å². The second-order valence-electron chi connectivity index (χ2n) is 3.47. The maximum atomic E-state index is 11.7. The number of nitrogens with one attached hydrogen (secondary N) is 1. The molecule has 1 unspecified atom stereocenters. The Kier molecular flexibility index (Phi) is 2.54. The second-order valence-corrected chi connectivity index (χ2v) is 3.47. The molecule has 0 aromatic carbocycles. The van der Waals surface area contributed by atoms with Crippen molar-refractivity contribution in [2.24, 2.45) is 0 Å². The molecule has 1 aromatic rings. The summed E-state index contributed by atoms with van der Waals surface area (Å²) in [5.74, 6) is 1.01. The third-order valence-electron chi connectivity index (χ3n) is 2.57. The minimum absolute atomic E-state index is 0.00929. The lowest BCUT2D eigenvalue weighted by atomic mass is 10.3. The number of carbonyl (C=O) groups is 1. The topological polar surface area (TPSA) is 45.5 Å². The average molecular weight is 194 g/mol. The molecule has 1 saturated heterocycles. The Hall–Kier alpha value is -1.29. The molecule has 1 fully saturated rings. The van der Waals surface area contributed by atoms with Crippen molar-refractivity contribution in [3.63, 3.8) is 0 Å². The third-order valence-corrected chi connectivity index (χ3v) is 2.57. The van der Waals surface area contributed by atoms with Crippen molar-refractivity contribution in [3.8, 4) is 0 Å². The Morgan fingerprint density at radius 3 is 3.14 bits per heavy atom. The molecule has 1 aromatic heterocycles. The fourth-order valence-corrected chi connectivity index (χ4v) is 1.75. The summed E-state index contributed by atoms with van der Waals surface area (Å²) in [7, 11) is 1.82. The molecule has 1 aliphatic heterocycles. The van der Waals surface area contributed by atoms with E-state index in [0.29, 0.717) is 6.54 Å². The monoisotopic (exact) mass is 194 g/mol. The predicted octanol–water partition coefficient (Wildman–Crippen LogP) is 0.600. The van der Waals surface area contributed by atoms with Crippen molar-refractivity contribution in [2.45, 2.75) is 19.0 Å². The zero-order chi connectivity index (χ0) is 9.97. The zero-order valence-corrected chi connectivity index (χ0v) is 8.19. The Morgan fingerprint density at radius 1 is 1.71 bits per heavy atom. The van der Waals surface area contributed by atoms with Gasteiger partial charge in [0.15, 0.2) is 0 Å². The first-order valence-electron chi connectivity index (χ1n) is 4.79. The Balaban J connectivity index is 1.97. The minimum atomic E-state index is -0.00929. The van der Waals surface area contributed by atoms with Gasteiger partial charge in [0.2, 0.25) is 5.91 Å². The molecular formula is C10H14N2O2. The van der Waals surface area contributed by atoms with E-state index in [1.807, 2.05) is 24.1 Å². The summed E-state index contributed by atoms with van der Waals surface area (Å²) >= 11 is 0. The first kappa shape index (κ1) is 9.27. The highest BCUT2D eigenvalue weighted by atomic mass is 16.3. The fourth-order valence-electron chi connectivity index (χ4n) is 1.75. The van der Waals surface area contributed by atoms with Gasteiger partial charge in [0.25, 0.3) is 0 Å². The first-order valence-corrected chi connectivity index (χ1v) is 4.79. The number of rotatable bonds is 3. The molecular weight excluding hydrogens is 180 g/mol. The molecule has 14 heavy (non-hydrogen) atoms. The van der Waals surface area contributed by atoms with Crippen LogP contribution in [0.2, 0.25) is 0 Å². The quantitative estimate of drug-likeness (QED) is 0.766. The summed E-state index contributed by atoms with van der Waals surface area (Å²) < 4.78 is 5.20. The van der Waals surface area contributed by atoms with Crippen LogP contribution in [0, 0.1) is 0 Å². The highest BCUT2D eigenvalue weighted by Gasteiger charge is 2.30. The molecule has 0 radical (unpaired) electrons. The third kappa shape index (κ3) is 1.65. The van der Waals surface area contributed by atoms with Gasteiger partial charge in [0.1, 0.15) is 5.76 Å². The van der Waals surface area contributed by atoms with Gasteiger partial charge in [0.05, 0.1) is 18.8 Å². The lowest BCUT2D eigenvalue weighted by Gasteiger charge is -2.14. The highest BCUT2D eigenvalue weighted by Crippen LogP contribution is 2.14. The minimum Gasteiger partial charge on any atom is -0.467 e. The van der Waals surface area contributed by atoms with Crippen molar-refractivity contribution in [1.82, 2.24) is 10.2 Å². The van der Waals surface area contributed by atoms with Gasteiger partial charge in [-0.15, -0.1) is 0 Å². The fraction of sp³-hybridized carbons (Fsp3) is 0.500. The Labute approximate surface area is 82.9 Å². The molecule has 4 heteroatoms. The van der Waals surface area contributed by atoms with E-state index in [9.17, 15) is 4.79 Å². The smallest absolute Gasteiger partial charge is 0.240 e. The number of furan rings is 1. The van der Waals surface area contributed by atoms with Gasteiger partial charge >= 0.3 is 0 Å². The van der Waals surface area contributed by atoms with Crippen LogP contribution < -0.4 is 5.32 Å². The SMILES string of the molecule is CNC1CCN(Cc2ccco2)C1=O. The van der Waals surface area contributed by atoms with Gasteiger partial charge in [-0.3, -0.25) is 4.79 Å². The summed E-state index contributed by atoms with van der Waals surface area (Å²) in [6.45, 7) is 1.40. The van der Waals surface area contributed by atoms with Crippen LogP contribution >= 0.6 is 0 Å². The number of carbonyl (C=O) groups excluding carboxylic acids is 1. The molecule has 1 aliphatic rings. The van der Waals surface area contributed by atoms with Gasteiger partial charge in [-0.05, 0) is 25.6 Å². The zero-order valence-electron chi connectivity index (χ0n) is 8.19. The van der Waals surface area contributed by atoms with E-state index in [0.717, 1.165) is 18.7 Å². The predicted molar refractivity (Wildman–Crippen MR) is 51.6 cm³/mol. The summed E-state index contributed by atoms with van der Waals surface area (Å²) in [6.07, 6.45) is 2.52. The van der Waals surface area contributed by atoms with E-state index >= 15 is 0 Å². The number of amides is 1. The lowest BCUT2D eigenvalue weighted by Crippen LogP contribution is -2.35. The van der Waals surface area contributed by atoms with Crippen molar-refractivity contribution in [1.29, 1.82) is 0 Å². The van der Waals surface area contributed by atoms with Crippen LogP contribution in [0.5, 0.6) is 0 Å². The number of likely N-dealkylation sites (N-methyl/N-ethyl adjacent to an activating group) is 1. The molecule has 0 spiro atoms. The molecule has 1 amide bonds. The maximum Gasteiger partial charge on any atom is 0.240 e. The van der Waals surface area contributed by atoms with Crippen LogP contribution in [0.1, 0.15) is 12.2 Å². The van der Waals surface area contributed by atoms with E-state index in [1.165, 1.54) is 0 Å². The standard InChI is InChI=1S/C10H14N2O2/c1-11-9-4-5-12(10(9)13)7-8-3-2-6-14-8/h2-3,6,9,11H,4-5,7H2,1H3. The molecule has 0 bridgehead atoms. The summed E-state index contributed by atoms with van der Waals surface area (Å²) in [6, 6.07) is 3.72. The van der Waals surface area contributed by atoms with Crippen molar-refractivity contribution in [3.05, 3.63) is 24.2 Å².